The van der Waals surface area contributed by atoms with Crippen LogP contribution in [-0.4, -0.2) is 31.8 Å². The summed E-state index contributed by atoms with van der Waals surface area (Å²) >= 11 is 0. The third-order valence-electron chi connectivity index (χ3n) is 0.279. The Morgan fingerprint density at radius 3 is 1.67 bits per heavy atom. The second-order valence-corrected chi connectivity index (χ2v) is 1.35. The molecule has 0 aromatic heterocycles. The van der Waals surface area contributed by atoms with Crippen LogP contribution in [0.15, 0.2) is 0 Å². The highest BCUT2D eigenvalue weighted by Gasteiger charge is 1.68. The van der Waals surface area contributed by atoms with Crippen molar-refractivity contribution in [3.05, 3.63) is 0 Å². The first-order valence-corrected chi connectivity index (χ1v) is 2.20. The van der Waals surface area contributed by atoms with Gasteiger partial charge < -0.3 is 4.90 Å². The Balaban J connectivity index is 0. The van der Waals surface area contributed by atoms with Gasteiger partial charge in [0.25, 0.3) is 0 Å². The second kappa shape index (κ2) is 10.0. The summed E-state index contributed by atoms with van der Waals surface area (Å²) in [6, 6.07) is 0. The molecule has 0 saturated heterocycles. The topological polar surface area (TPSA) is 75.4 Å². The first kappa shape index (κ1) is 10.8. The van der Waals surface area contributed by atoms with Gasteiger partial charge >= 0.3 is 0 Å². The van der Waals surface area contributed by atoms with Crippen molar-refractivity contribution in [1.29, 1.82) is 0 Å². The van der Waals surface area contributed by atoms with E-state index in [1.54, 1.807) is 19.5 Å². The predicted molar refractivity (Wildman–Crippen MR) is 33.1 cm³/mol. The lowest BCUT2D eigenvalue weighted by Gasteiger charge is -1.93. The first-order valence-electron chi connectivity index (χ1n) is 2.20. The molecule has 0 aliphatic carbocycles. The van der Waals surface area contributed by atoms with Crippen molar-refractivity contribution in [2.45, 2.75) is 0 Å². The number of hydrogen-bond acceptors (Lipinski definition) is 3. The van der Waals surface area contributed by atoms with Crippen LogP contribution in [0.1, 0.15) is 0 Å². The number of nitrogens with one attached hydrogen (secondary N) is 1. The standard InChI is InChI=1S/C3H7NO.CH4N2O/c1-4(2)3-5;2-3-1-4/h3H,1-2H3;1H,2H2,(H,3,4). The smallest absolute Gasteiger partial charge is 0.221 e. The van der Waals surface area contributed by atoms with Gasteiger partial charge in [0.15, 0.2) is 0 Å². The van der Waals surface area contributed by atoms with Gasteiger partial charge in [-0.3, -0.25) is 15.0 Å². The molecule has 54 valence electrons. The number of hydrazine groups is 1. The second-order valence-electron chi connectivity index (χ2n) is 1.35. The van der Waals surface area contributed by atoms with Crippen molar-refractivity contribution in [2.75, 3.05) is 14.1 Å². The molecule has 0 fully saturated rings. The van der Waals surface area contributed by atoms with E-state index in [4.69, 9.17) is 4.79 Å². The van der Waals surface area contributed by atoms with Crippen molar-refractivity contribution in [3.8, 4) is 0 Å². The molecule has 5 nitrogen and oxygen atoms in total. The van der Waals surface area contributed by atoms with Gasteiger partial charge in [0.2, 0.25) is 12.8 Å². The summed E-state index contributed by atoms with van der Waals surface area (Å²) in [5, 5.41) is 0. The fourth-order valence-corrected chi connectivity index (χ4v) is 0. The van der Waals surface area contributed by atoms with Crippen LogP contribution in [0.3, 0.4) is 0 Å². The van der Waals surface area contributed by atoms with E-state index in [9.17, 15) is 4.79 Å². The highest BCUT2D eigenvalue weighted by molar-refractivity contribution is 5.45. The minimum absolute atomic E-state index is 0.403. The van der Waals surface area contributed by atoms with Gasteiger partial charge in [-0.05, 0) is 0 Å². The number of nitrogens with zero attached hydrogens (tertiary/aromatic N) is 1. The Bertz CT molecular complexity index is 74.2. The van der Waals surface area contributed by atoms with Gasteiger partial charge in [-0.15, -0.1) is 0 Å². The lowest BCUT2D eigenvalue weighted by molar-refractivity contribution is -0.116. The zero-order valence-corrected chi connectivity index (χ0v) is 5.50. The zero-order valence-electron chi connectivity index (χ0n) is 5.50. The van der Waals surface area contributed by atoms with E-state index < -0.39 is 0 Å². The number of carbonyl (C=O) groups is 2. The van der Waals surface area contributed by atoms with E-state index in [2.05, 4.69) is 5.84 Å². The number of rotatable bonds is 2. The fraction of sp³-hybridized carbons (Fsp3) is 0.500. The Labute approximate surface area is 53.8 Å². The van der Waals surface area contributed by atoms with Gasteiger partial charge in [0, 0.05) is 14.1 Å². The summed E-state index contributed by atoms with van der Waals surface area (Å²) in [6.45, 7) is 0. The van der Waals surface area contributed by atoms with Crippen LogP contribution >= 0.6 is 0 Å². The molecular formula is C4H11N3O2. The molecule has 0 saturated carbocycles. The summed E-state index contributed by atoms with van der Waals surface area (Å²) in [4.78, 5) is 19.8. The molecule has 0 heterocycles. The van der Waals surface area contributed by atoms with Crippen molar-refractivity contribution in [1.82, 2.24) is 10.3 Å². The average molecular weight is 133 g/mol. The van der Waals surface area contributed by atoms with Crippen LogP contribution < -0.4 is 11.3 Å². The molecule has 0 aliphatic rings. The summed E-state index contributed by atoms with van der Waals surface area (Å²) in [7, 11) is 3.38. The van der Waals surface area contributed by atoms with Crippen LogP contribution in [0, 0.1) is 0 Å². The minimum atomic E-state index is 0.403. The molecule has 3 N–H and O–H groups in total. The lowest BCUT2D eigenvalue weighted by Crippen LogP contribution is -2.18. The summed E-state index contributed by atoms with van der Waals surface area (Å²) in [5.41, 5.74) is 1.75. The SMILES string of the molecule is CN(C)C=O.NNC=O. The van der Waals surface area contributed by atoms with E-state index in [1.807, 2.05) is 0 Å². The Morgan fingerprint density at radius 2 is 1.67 bits per heavy atom. The third kappa shape index (κ3) is 45.9. The van der Waals surface area contributed by atoms with Crippen molar-refractivity contribution < 1.29 is 9.59 Å². The van der Waals surface area contributed by atoms with Crippen LogP contribution in [0.5, 0.6) is 0 Å². The molecule has 0 bridgehead atoms. The predicted octanol–water partition coefficient (Wildman–Crippen LogP) is -1.69. The molecule has 9 heavy (non-hydrogen) atoms. The minimum Gasteiger partial charge on any atom is -0.351 e. The highest BCUT2D eigenvalue weighted by atomic mass is 16.1. The number of hydrogen-bond donors (Lipinski definition) is 2. The summed E-state index contributed by atoms with van der Waals surface area (Å²) in [6.07, 6.45) is 1.15. The highest BCUT2D eigenvalue weighted by Crippen LogP contribution is 1.52. The molecule has 0 spiro atoms. The van der Waals surface area contributed by atoms with E-state index in [1.165, 1.54) is 4.90 Å². The molecule has 0 rings (SSSR count). The molecular weight excluding hydrogens is 122 g/mol. The van der Waals surface area contributed by atoms with Gasteiger partial charge in [0.05, 0.1) is 0 Å². The maximum absolute atomic E-state index is 9.43. The Hall–Kier alpha value is -1.10. The van der Waals surface area contributed by atoms with Crippen LogP contribution in [0.4, 0.5) is 0 Å². The van der Waals surface area contributed by atoms with E-state index in [0.29, 0.717) is 6.41 Å². The quantitative estimate of drug-likeness (QED) is 0.204. The Kier molecular flexibility index (Phi) is 12.0. The van der Waals surface area contributed by atoms with Gasteiger partial charge in [-0.2, -0.15) is 0 Å². The van der Waals surface area contributed by atoms with E-state index in [0.717, 1.165) is 6.41 Å². The van der Waals surface area contributed by atoms with Crippen molar-refractivity contribution in [3.63, 3.8) is 0 Å². The Morgan fingerprint density at radius 1 is 1.44 bits per heavy atom. The molecule has 0 unspecified atom stereocenters. The maximum Gasteiger partial charge on any atom is 0.221 e. The van der Waals surface area contributed by atoms with E-state index in [-0.39, 0.29) is 0 Å². The molecule has 0 aromatic rings. The normalized spacial score (nSPS) is 6.11. The monoisotopic (exact) mass is 133 g/mol. The van der Waals surface area contributed by atoms with E-state index >= 15 is 0 Å². The maximum atomic E-state index is 9.43. The lowest BCUT2D eigenvalue weighted by atomic mass is 11.0. The number of nitrogens with two attached hydrogens (primary N) is 1. The molecule has 0 radical (unpaired) electrons. The summed E-state index contributed by atoms with van der Waals surface area (Å²) in [5.74, 6) is 4.41. The number of carbonyl (C=O) groups excluding carboxylic acids is 2. The molecule has 0 aliphatic heterocycles. The molecule has 0 atom stereocenters. The van der Waals surface area contributed by atoms with Crippen LogP contribution in [0.2, 0.25) is 0 Å². The molecule has 0 aromatic carbocycles. The average Bonchev–Trinajstić information content (AvgIpc) is 1.89. The summed E-state index contributed by atoms with van der Waals surface area (Å²) < 4.78 is 0. The fourth-order valence-electron chi connectivity index (χ4n) is 0. The van der Waals surface area contributed by atoms with Gasteiger partial charge in [-0.1, -0.05) is 0 Å². The van der Waals surface area contributed by atoms with Crippen molar-refractivity contribution >= 4 is 12.8 Å². The largest absolute Gasteiger partial charge is 0.351 e. The first-order chi connectivity index (χ1) is 4.18. The number of amides is 2. The molecule has 2 amide bonds. The van der Waals surface area contributed by atoms with Gasteiger partial charge in [-0.25, -0.2) is 5.84 Å². The third-order valence-corrected chi connectivity index (χ3v) is 0.279. The van der Waals surface area contributed by atoms with Gasteiger partial charge in [0.1, 0.15) is 0 Å². The van der Waals surface area contributed by atoms with Crippen molar-refractivity contribution in [2.24, 2.45) is 5.84 Å². The van der Waals surface area contributed by atoms with Crippen LogP contribution in [-0.2, 0) is 9.59 Å². The van der Waals surface area contributed by atoms with Crippen LogP contribution in [0.25, 0.3) is 0 Å². The molecule has 5 heteroatoms. The zero-order chi connectivity index (χ0) is 7.70.